The van der Waals surface area contributed by atoms with Crippen molar-refractivity contribution in [2.24, 2.45) is 0 Å². The molecule has 2 rings (SSSR count). The van der Waals surface area contributed by atoms with Crippen molar-refractivity contribution in [1.29, 1.82) is 0 Å². The van der Waals surface area contributed by atoms with Crippen LogP contribution in [0.5, 0.6) is 0 Å². The Morgan fingerprint density at radius 3 is 2.75 bits per heavy atom. The van der Waals surface area contributed by atoms with Crippen LogP contribution in [0.15, 0.2) is 18.5 Å². The van der Waals surface area contributed by atoms with Crippen molar-refractivity contribution in [3.63, 3.8) is 0 Å². The van der Waals surface area contributed by atoms with Crippen LogP contribution in [0.2, 0.25) is 0 Å². The second-order valence-corrected chi connectivity index (χ2v) is 3.80. The van der Waals surface area contributed by atoms with E-state index in [2.05, 4.69) is 20.2 Å². The Kier molecular flexibility index (Phi) is 4.67. The first-order valence-electron chi connectivity index (χ1n) is 5.72. The van der Waals surface area contributed by atoms with Crippen LogP contribution in [0, 0.1) is 0 Å². The summed E-state index contributed by atoms with van der Waals surface area (Å²) in [6.07, 6.45) is 3.54. The van der Waals surface area contributed by atoms with E-state index in [1.807, 2.05) is 6.07 Å². The molecule has 1 aliphatic rings. The highest BCUT2D eigenvalue weighted by Gasteiger charge is 2.08. The second-order valence-electron chi connectivity index (χ2n) is 3.80. The summed E-state index contributed by atoms with van der Waals surface area (Å²) in [4.78, 5) is 10.7. The molecule has 5 heteroatoms. The average Bonchev–Trinajstić information content (AvgIpc) is 2.37. The predicted molar refractivity (Wildman–Crippen MR) is 61.0 cm³/mol. The van der Waals surface area contributed by atoms with E-state index in [4.69, 9.17) is 4.74 Å². The lowest BCUT2D eigenvalue weighted by Crippen LogP contribution is -2.40. The minimum absolute atomic E-state index is 0.741. The monoisotopic (exact) mass is 222 g/mol. The van der Waals surface area contributed by atoms with Gasteiger partial charge in [-0.1, -0.05) is 0 Å². The standard InChI is InChI=1S/C11H18N4O/c1-2-13-11(14-3-1)10-12-4-5-15-6-8-16-9-7-15/h1-3,12H,4-10H2. The molecule has 0 unspecified atom stereocenters. The number of nitrogens with zero attached hydrogens (tertiary/aromatic N) is 3. The second kappa shape index (κ2) is 6.52. The minimum Gasteiger partial charge on any atom is -0.379 e. The molecule has 88 valence electrons. The Balaban J connectivity index is 1.58. The van der Waals surface area contributed by atoms with Gasteiger partial charge in [0, 0.05) is 38.6 Å². The molecule has 5 nitrogen and oxygen atoms in total. The SMILES string of the molecule is c1cnc(CNCCN2CCOCC2)nc1. The Labute approximate surface area is 95.8 Å². The van der Waals surface area contributed by atoms with E-state index in [-0.39, 0.29) is 0 Å². The van der Waals surface area contributed by atoms with Gasteiger partial charge >= 0.3 is 0 Å². The molecule has 0 amide bonds. The number of ether oxygens (including phenoxy) is 1. The molecule has 1 N–H and O–H groups in total. The van der Waals surface area contributed by atoms with E-state index in [1.54, 1.807) is 12.4 Å². The zero-order valence-corrected chi connectivity index (χ0v) is 9.43. The van der Waals surface area contributed by atoms with E-state index < -0.39 is 0 Å². The van der Waals surface area contributed by atoms with Gasteiger partial charge in [0.2, 0.25) is 0 Å². The first-order valence-corrected chi connectivity index (χ1v) is 5.72. The van der Waals surface area contributed by atoms with Gasteiger partial charge in [0.15, 0.2) is 0 Å². The molecule has 1 aromatic rings. The Bertz CT molecular complexity index is 287. The molecule has 1 aliphatic heterocycles. The number of rotatable bonds is 5. The maximum atomic E-state index is 5.29. The lowest BCUT2D eigenvalue weighted by atomic mass is 10.4. The van der Waals surface area contributed by atoms with E-state index in [0.717, 1.165) is 51.8 Å². The van der Waals surface area contributed by atoms with Crippen LogP contribution in [-0.2, 0) is 11.3 Å². The zero-order valence-electron chi connectivity index (χ0n) is 9.43. The molecular weight excluding hydrogens is 204 g/mol. The van der Waals surface area contributed by atoms with Crippen molar-refractivity contribution < 1.29 is 4.74 Å². The molecule has 2 heterocycles. The Morgan fingerprint density at radius 2 is 2.00 bits per heavy atom. The molecule has 0 atom stereocenters. The summed E-state index contributed by atoms with van der Waals surface area (Å²) in [6, 6.07) is 1.83. The highest BCUT2D eigenvalue weighted by Crippen LogP contribution is 1.95. The molecule has 0 saturated carbocycles. The van der Waals surface area contributed by atoms with Crippen molar-refractivity contribution in [2.75, 3.05) is 39.4 Å². The van der Waals surface area contributed by atoms with Gasteiger partial charge in [0.1, 0.15) is 5.82 Å². The molecule has 16 heavy (non-hydrogen) atoms. The summed E-state index contributed by atoms with van der Waals surface area (Å²) in [5, 5.41) is 3.34. The Morgan fingerprint density at radius 1 is 1.25 bits per heavy atom. The van der Waals surface area contributed by atoms with Crippen molar-refractivity contribution in [3.8, 4) is 0 Å². The van der Waals surface area contributed by atoms with E-state index in [1.165, 1.54) is 0 Å². The highest BCUT2D eigenvalue weighted by atomic mass is 16.5. The fourth-order valence-corrected chi connectivity index (χ4v) is 1.68. The molecular formula is C11H18N4O. The van der Waals surface area contributed by atoms with Gasteiger partial charge in [0.05, 0.1) is 19.8 Å². The fourth-order valence-electron chi connectivity index (χ4n) is 1.68. The Hall–Kier alpha value is -1.04. The van der Waals surface area contributed by atoms with Gasteiger partial charge in [-0.3, -0.25) is 4.90 Å². The molecule has 0 radical (unpaired) electrons. The molecule has 1 aromatic heterocycles. The molecule has 1 fully saturated rings. The summed E-state index contributed by atoms with van der Waals surface area (Å²) >= 11 is 0. The van der Waals surface area contributed by atoms with Gasteiger partial charge < -0.3 is 10.1 Å². The minimum atomic E-state index is 0.741. The van der Waals surface area contributed by atoms with Gasteiger partial charge in [-0.25, -0.2) is 9.97 Å². The maximum Gasteiger partial charge on any atom is 0.141 e. The van der Waals surface area contributed by atoms with Gasteiger partial charge in [-0.15, -0.1) is 0 Å². The van der Waals surface area contributed by atoms with Gasteiger partial charge in [-0.2, -0.15) is 0 Å². The van der Waals surface area contributed by atoms with Crippen molar-refractivity contribution in [2.45, 2.75) is 6.54 Å². The first-order chi connectivity index (χ1) is 7.95. The summed E-state index contributed by atoms with van der Waals surface area (Å²) in [5.41, 5.74) is 0. The highest BCUT2D eigenvalue weighted by molar-refractivity contribution is 4.87. The summed E-state index contributed by atoms with van der Waals surface area (Å²) in [5.74, 6) is 0.851. The molecule has 0 spiro atoms. The van der Waals surface area contributed by atoms with Crippen LogP contribution in [-0.4, -0.2) is 54.3 Å². The quantitative estimate of drug-likeness (QED) is 0.705. The molecule has 1 saturated heterocycles. The topological polar surface area (TPSA) is 50.3 Å². The van der Waals surface area contributed by atoms with E-state index in [0.29, 0.717) is 0 Å². The van der Waals surface area contributed by atoms with E-state index in [9.17, 15) is 0 Å². The average molecular weight is 222 g/mol. The lowest BCUT2D eigenvalue weighted by Gasteiger charge is -2.26. The molecule has 0 aromatic carbocycles. The largest absolute Gasteiger partial charge is 0.379 e. The van der Waals surface area contributed by atoms with Crippen molar-refractivity contribution >= 4 is 0 Å². The zero-order chi connectivity index (χ0) is 11.1. The molecule has 0 aliphatic carbocycles. The van der Waals surface area contributed by atoms with Crippen LogP contribution in [0.3, 0.4) is 0 Å². The van der Waals surface area contributed by atoms with Gasteiger partial charge in [0.25, 0.3) is 0 Å². The predicted octanol–water partition coefficient (Wildman–Crippen LogP) is -0.102. The number of nitrogens with one attached hydrogen (secondary N) is 1. The maximum absolute atomic E-state index is 5.29. The van der Waals surface area contributed by atoms with Crippen LogP contribution in [0.1, 0.15) is 5.82 Å². The van der Waals surface area contributed by atoms with Crippen LogP contribution >= 0.6 is 0 Å². The third kappa shape index (κ3) is 3.84. The molecule has 0 bridgehead atoms. The smallest absolute Gasteiger partial charge is 0.141 e. The summed E-state index contributed by atoms with van der Waals surface area (Å²) < 4.78 is 5.29. The summed E-state index contributed by atoms with van der Waals surface area (Å²) in [6.45, 7) is 6.59. The van der Waals surface area contributed by atoms with Crippen molar-refractivity contribution in [3.05, 3.63) is 24.3 Å². The van der Waals surface area contributed by atoms with E-state index >= 15 is 0 Å². The third-order valence-electron chi connectivity index (χ3n) is 2.61. The lowest BCUT2D eigenvalue weighted by molar-refractivity contribution is 0.0384. The van der Waals surface area contributed by atoms with Gasteiger partial charge in [-0.05, 0) is 6.07 Å². The number of morpholine rings is 1. The van der Waals surface area contributed by atoms with Crippen molar-refractivity contribution in [1.82, 2.24) is 20.2 Å². The third-order valence-corrected chi connectivity index (χ3v) is 2.61. The van der Waals surface area contributed by atoms with Crippen LogP contribution in [0.25, 0.3) is 0 Å². The fraction of sp³-hybridized carbons (Fsp3) is 0.636. The van der Waals surface area contributed by atoms with Crippen LogP contribution in [0.4, 0.5) is 0 Å². The number of aromatic nitrogens is 2. The number of hydrogen-bond acceptors (Lipinski definition) is 5. The van der Waals surface area contributed by atoms with Crippen LogP contribution < -0.4 is 5.32 Å². The summed E-state index contributed by atoms with van der Waals surface area (Å²) in [7, 11) is 0. The number of hydrogen-bond donors (Lipinski definition) is 1. The first kappa shape index (κ1) is 11.4. The normalized spacial score (nSPS) is 17.5.